The van der Waals surface area contributed by atoms with Crippen LogP contribution in [0.25, 0.3) is 10.9 Å². The van der Waals surface area contributed by atoms with Crippen LogP contribution in [0.3, 0.4) is 0 Å². The lowest BCUT2D eigenvalue weighted by atomic mass is 10.0. The zero-order valence-corrected chi connectivity index (χ0v) is 23.6. The first kappa shape index (κ1) is 27.5. The number of terminal acetylenes is 1. The molecule has 2 unspecified atom stereocenters. The number of ether oxygens (including phenoxy) is 3. The Kier molecular flexibility index (Phi) is 7.99. The number of aromatic nitrogens is 2. The van der Waals surface area contributed by atoms with Crippen molar-refractivity contribution in [3.8, 4) is 23.8 Å². The number of benzene rings is 2. The zero-order chi connectivity index (χ0) is 28.3. The van der Waals surface area contributed by atoms with Gasteiger partial charge in [-0.05, 0) is 63.3 Å². The van der Waals surface area contributed by atoms with Gasteiger partial charge in [-0.1, -0.05) is 12.0 Å². The number of likely N-dealkylation sites (tertiary alicyclic amines) is 2. The standard InChI is InChI=1S/C31H37N5O4/c1-6-21-9-7-10-24(13-21)34-29-25-14-28(27(38-5)15-26(25)32-20-33-29)39-12-8-11-35-16-22-18-36(19-23(22)17-35)30(37)40-31(2,3)4/h1,7,9-10,13-15,20,22-23H,8,11-12,16-19H2,2-5H3,(H,32,33,34). The highest BCUT2D eigenvalue weighted by Gasteiger charge is 2.42. The number of amides is 1. The number of nitrogens with zero attached hydrogens (tertiary/aromatic N) is 4. The largest absolute Gasteiger partial charge is 0.493 e. The second kappa shape index (κ2) is 11.6. The lowest BCUT2D eigenvalue weighted by molar-refractivity contribution is 0.0274. The van der Waals surface area contributed by atoms with E-state index in [0.29, 0.717) is 35.8 Å². The molecule has 0 radical (unpaired) electrons. The molecule has 9 nitrogen and oxygen atoms in total. The van der Waals surface area contributed by atoms with E-state index in [1.54, 1.807) is 7.11 Å². The summed E-state index contributed by atoms with van der Waals surface area (Å²) in [6.45, 7) is 10.7. The Balaban J connectivity index is 1.16. The van der Waals surface area contributed by atoms with Gasteiger partial charge in [-0.2, -0.15) is 0 Å². The molecule has 1 N–H and O–H groups in total. The summed E-state index contributed by atoms with van der Waals surface area (Å²) in [5.74, 6) is 5.60. The summed E-state index contributed by atoms with van der Waals surface area (Å²) in [5, 5.41) is 4.17. The fourth-order valence-corrected chi connectivity index (χ4v) is 5.48. The third kappa shape index (κ3) is 6.40. The summed E-state index contributed by atoms with van der Waals surface area (Å²) in [4.78, 5) is 25.7. The molecule has 1 aromatic heterocycles. The van der Waals surface area contributed by atoms with Crippen molar-refractivity contribution in [2.45, 2.75) is 32.8 Å². The number of fused-ring (bicyclic) bond motifs is 2. The molecular formula is C31H37N5O4. The van der Waals surface area contributed by atoms with Crippen molar-refractivity contribution in [1.29, 1.82) is 0 Å². The molecule has 3 aromatic rings. The second-order valence-corrected chi connectivity index (χ2v) is 11.5. The molecule has 0 spiro atoms. The average molecular weight is 544 g/mol. The molecule has 9 heteroatoms. The van der Waals surface area contributed by atoms with Crippen molar-refractivity contribution in [2.75, 3.05) is 51.8 Å². The van der Waals surface area contributed by atoms with Gasteiger partial charge in [0, 0.05) is 55.4 Å². The quantitative estimate of drug-likeness (QED) is 0.316. The van der Waals surface area contributed by atoms with Crippen molar-refractivity contribution < 1.29 is 19.0 Å². The SMILES string of the molecule is C#Cc1cccc(Nc2ncnc3cc(OC)c(OCCCN4CC5CN(C(=O)OC(C)(C)C)CC5C4)cc23)c1. The average Bonchev–Trinajstić information content (AvgIpc) is 3.49. The Bertz CT molecular complexity index is 1400. The van der Waals surface area contributed by atoms with Gasteiger partial charge < -0.3 is 29.3 Å². The molecule has 5 rings (SSSR count). The molecule has 0 saturated carbocycles. The molecule has 210 valence electrons. The molecule has 2 aliphatic heterocycles. The third-order valence-corrected chi connectivity index (χ3v) is 7.30. The van der Waals surface area contributed by atoms with Crippen LogP contribution < -0.4 is 14.8 Å². The van der Waals surface area contributed by atoms with Crippen molar-refractivity contribution in [3.63, 3.8) is 0 Å². The fraction of sp³-hybridized carbons (Fsp3) is 0.452. The lowest BCUT2D eigenvalue weighted by Gasteiger charge is -2.26. The minimum absolute atomic E-state index is 0.198. The van der Waals surface area contributed by atoms with Gasteiger partial charge in [-0.25, -0.2) is 14.8 Å². The summed E-state index contributed by atoms with van der Waals surface area (Å²) in [7, 11) is 1.63. The number of anilines is 2. The van der Waals surface area contributed by atoms with E-state index >= 15 is 0 Å². The molecule has 2 aromatic carbocycles. The molecule has 0 bridgehead atoms. The summed E-state index contributed by atoms with van der Waals surface area (Å²) in [6, 6.07) is 11.4. The number of hydrogen-bond acceptors (Lipinski definition) is 8. The highest BCUT2D eigenvalue weighted by atomic mass is 16.6. The van der Waals surface area contributed by atoms with Crippen LogP contribution in [0.4, 0.5) is 16.3 Å². The van der Waals surface area contributed by atoms with Crippen LogP contribution in [0.15, 0.2) is 42.7 Å². The predicted molar refractivity (Wildman–Crippen MR) is 155 cm³/mol. The predicted octanol–water partition coefficient (Wildman–Crippen LogP) is 4.93. The molecule has 0 aliphatic carbocycles. The van der Waals surface area contributed by atoms with Gasteiger partial charge in [0.25, 0.3) is 0 Å². The van der Waals surface area contributed by atoms with Gasteiger partial charge in [0.05, 0.1) is 19.2 Å². The molecule has 40 heavy (non-hydrogen) atoms. The maximum absolute atomic E-state index is 12.4. The molecule has 3 heterocycles. The van der Waals surface area contributed by atoms with Crippen LogP contribution in [0.5, 0.6) is 11.5 Å². The zero-order valence-electron chi connectivity index (χ0n) is 23.6. The highest BCUT2D eigenvalue weighted by molar-refractivity contribution is 5.93. The summed E-state index contributed by atoms with van der Waals surface area (Å²) >= 11 is 0. The number of methoxy groups -OCH3 is 1. The van der Waals surface area contributed by atoms with E-state index in [0.717, 1.165) is 61.3 Å². The summed E-state index contributed by atoms with van der Waals surface area (Å²) in [6.07, 6.45) is 7.76. The molecule has 2 aliphatic rings. The van der Waals surface area contributed by atoms with E-state index in [1.165, 1.54) is 6.33 Å². The molecule has 1 amide bonds. The van der Waals surface area contributed by atoms with E-state index in [2.05, 4.69) is 26.1 Å². The first-order chi connectivity index (χ1) is 19.2. The van der Waals surface area contributed by atoms with E-state index in [9.17, 15) is 4.79 Å². The molecule has 2 saturated heterocycles. The van der Waals surface area contributed by atoms with E-state index in [-0.39, 0.29) is 6.09 Å². The molecule has 2 atom stereocenters. The maximum atomic E-state index is 12.4. The van der Waals surface area contributed by atoms with Crippen LogP contribution in [0.1, 0.15) is 32.8 Å². The Morgan fingerprint density at radius 2 is 1.88 bits per heavy atom. The van der Waals surface area contributed by atoms with Gasteiger partial charge in [0.15, 0.2) is 11.5 Å². The van der Waals surface area contributed by atoms with E-state index in [1.807, 2.05) is 62.1 Å². The van der Waals surface area contributed by atoms with Crippen molar-refractivity contribution >= 4 is 28.5 Å². The maximum Gasteiger partial charge on any atom is 0.410 e. The molecular weight excluding hydrogens is 506 g/mol. The topological polar surface area (TPSA) is 89.1 Å². The Labute approximate surface area is 235 Å². The number of carbonyl (C=O) groups excluding carboxylic acids is 1. The number of carbonyl (C=O) groups is 1. The van der Waals surface area contributed by atoms with E-state index < -0.39 is 5.60 Å². The van der Waals surface area contributed by atoms with Crippen LogP contribution >= 0.6 is 0 Å². The fourth-order valence-electron chi connectivity index (χ4n) is 5.48. The van der Waals surface area contributed by atoms with Gasteiger partial charge in [0.2, 0.25) is 0 Å². The number of hydrogen-bond donors (Lipinski definition) is 1. The van der Waals surface area contributed by atoms with Crippen molar-refractivity contribution in [2.24, 2.45) is 11.8 Å². The number of rotatable bonds is 8. The van der Waals surface area contributed by atoms with Crippen LogP contribution in [-0.2, 0) is 4.74 Å². The first-order valence-corrected chi connectivity index (χ1v) is 13.7. The van der Waals surface area contributed by atoms with Crippen LogP contribution in [-0.4, -0.2) is 77.9 Å². The minimum atomic E-state index is -0.464. The normalized spacial score (nSPS) is 18.8. The van der Waals surface area contributed by atoms with Crippen LogP contribution in [0.2, 0.25) is 0 Å². The highest BCUT2D eigenvalue weighted by Crippen LogP contribution is 2.35. The monoisotopic (exact) mass is 543 g/mol. The van der Waals surface area contributed by atoms with Gasteiger partial charge >= 0.3 is 6.09 Å². The Morgan fingerprint density at radius 1 is 1.10 bits per heavy atom. The van der Waals surface area contributed by atoms with Gasteiger partial charge in [0.1, 0.15) is 17.7 Å². The summed E-state index contributed by atoms with van der Waals surface area (Å²) in [5.41, 5.74) is 1.92. The number of nitrogens with one attached hydrogen (secondary N) is 1. The van der Waals surface area contributed by atoms with Crippen molar-refractivity contribution in [1.82, 2.24) is 19.8 Å². The Hall–Kier alpha value is -4.03. The summed E-state index contributed by atoms with van der Waals surface area (Å²) < 4.78 is 17.4. The van der Waals surface area contributed by atoms with Gasteiger partial charge in [-0.3, -0.25) is 0 Å². The lowest BCUT2D eigenvalue weighted by Crippen LogP contribution is -2.37. The minimum Gasteiger partial charge on any atom is -0.493 e. The Morgan fingerprint density at radius 3 is 2.58 bits per heavy atom. The molecule has 2 fully saturated rings. The van der Waals surface area contributed by atoms with Crippen molar-refractivity contribution in [3.05, 3.63) is 48.3 Å². The smallest absolute Gasteiger partial charge is 0.410 e. The van der Waals surface area contributed by atoms with Crippen LogP contribution in [0, 0.1) is 24.2 Å². The van der Waals surface area contributed by atoms with E-state index in [4.69, 9.17) is 20.6 Å². The second-order valence-electron chi connectivity index (χ2n) is 11.5. The van der Waals surface area contributed by atoms with Gasteiger partial charge in [-0.15, -0.1) is 6.42 Å². The third-order valence-electron chi connectivity index (χ3n) is 7.30. The first-order valence-electron chi connectivity index (χ1n) is 13.7.